The molecular weight excluding hydrogens is 264 g/mol. The fourth-order valence-corrected chi connectivity index (χ4v) is 2.91. The van der Waals surface area contributed by atoms with Gasteiger partial charge in [-0.05, 0) is 31.6 Å². The molecule has 0 aromatic heterocycles. The van der Waals surface area contributed by atoms with Gasteiger partial charge in [-0.2, -0.15) is 0 Å². The summed E-state index contributed by atoms with van der Waals surface area (Å²) in [4.78, 5) is 35.8. The summed E-state index contributed by atoms with van der Waals surface area (Å²) in [6.07, 6.45) is 1.23. The van der Waals surface area contributed by atoms with Gasteiger partial charge in [0.05, 0.1) is 19.1 Å². The molecule has 0 aromatic carbocycles. The van der Waals surface area contributed by atoms with E-state index in [1.165, 1.54) is 0 Å². The van der Waals surface area contributed by atoms with Crippen LogP contribution in [0.3, 0.4) is 0 Å². The van der Waals surface area contributed by atoms with Crippen LogP contribution in [0.5, 0.6) is 0 Å². The molecule has 1 aliphatic heterocycles. The average Bonchev–Trinajstić information content (AvgIpc) is 2.57. The van der Waals surface area contributed by atoms with E-state index in [1.54, 1.807) is 0 Å². The summed E-state index contributed by atoms with van der Waals surface area (Å²) in [5, 5.41) is 20.9. The summed E-state index contributed by atoms with van der Waals surface area (Å²) in [7, 11) is 0. The van der Waals surface area contributed by atoms with E-state index in [4.69, 9.17) is 5.11 Å². The fraction of sp³-hybridized carbons (Fsp3) is 0.769. The first kappa shape index (κ1) is 14.8. The van der Waals surface area contributed by atoms with Crippen LogP contribution in [-0.2, 0) is 9.59 Å². The topological polar surface area (TPSA) is 107 Å². The number of nitrogens with one attached hydrogen (secondary N) is 1. The van der Waals surface area contributed by atoms with E-state index in [9.17, 15) is 19.5 Å². The SMILES string of the molecule is CC1CCC2(CC1)NC(=O)N(CC(O)CC(=O)O)C2=O. The van der Waals surface area contributed by atoms with Crippen molar-refractivity contribution >= 4 is 17.9 Å². The lowest BCUT2D eigenvalue weighted by atomic mass is 9.77. The first-order chi connectivity index (χ1) is 9.34. The highest BCUT2D eigenvalue weighted by Crippen LogP contribution is 2.36. The molecule has 1 heterocycles. The van der Waals surface area contributed by atoms with Crippen molar-refractivity contribution < 1.29 is 24.6 Å². The number of β-amino-alcohol motifs (C(OH)–C–C–N with tert-alkyl or cyclic N) is 1. The normalized spacial score (nSPS) is 31.5. The Hall–Kier alpha value is -1.63. The summed E-state index contributed by atoms with van der Waals surface area (Å²) >= 11 is 0. The maximum atomic E-state index is 12.4. The van der Waals surface area contributed by atoms with Gasteiger partial charge in [0.25, 0.3) is 5.91 Å². The third-order valence-corrected chi connectivity index (χ3v) is 4.18. The summed E-state index contributed by atoms with van der Waals surface area (Å²) < 4.78 is 0. The van der Waals surface area contributed by atoms with Crippen molar-refractivity contribution in [2.45, 2.75) is 50.7 Å². The molecule has 20 heavy (non-hydrogen) atoms. The summed E-state index contributed by atoms with van der Waals surface area (Å²) in [6.45, 7) is 1.84. The average molecular weight is 284 g/mol. The van der Waals surface area contributed by atoms with Gasteiger partial charge in [0.15, 0.2) is 0 Å². The second-order valence-corrected chi connectivity index (χ2v) is 5.86. The third kappa shape index (κ3) is 2.77. The summed E-state index contributed by atoms with van der Waals surface area (Å²) in [5.41, 5.74) is -0.841. The van der Waals surface area contributed by atoms with Crippen molar-refractivity contribution in [1.29, 1.82) is 0 Å². The van der Waals surface area contributed by atoms with Crippen molar-refractivity contribution in [2.24, 2.45) is 5.92 Å². The van der Waals surface area contributed by atoms with Crippen molar-refractivity contribution in [3.05, 3.63) is 0 Å². The molecule has 1 unspecified atom stereocenters. The van der Waals surface area contributed by atoms with Gasteiger partial charge in [-0.3, -0.25) is 14.5 Å². The summed E-state index contributed by atoms with van der Waals surface area (Å²) in [5.74, 6) is -0.957. The molecule has 1 saturated carbocycles. The number of aliphatic hydroxyl groups excluding tert-OH is 1. The van der Waals surface area contributed by atoms with Gasteiger partial charge < -0.3 is 15.5 Å². The maximum absolute atomic E-state index is 12.4. The van der Waals surface area contributed by atoms with Crippen molar-refractivity contribution in [1.82, 2.24) is 10.2 Å². The van der Waals surface area contributed by atoms with E-state index in [2.05, 4.69) is 12.2 Å². The van der Waals surface area contributed by atoms with Crippen LogP contribution in [0.2, 0.25) is 0 Å². The van der Waals surface area contributed by atoms with Gasteiger partial charge in [0, 0.05) is 0 Å². The number of nitrogens with zero attached hydrogens (tertiary/aromatic N) is 1. The van der Waals surface area contributed by atoms with Crippen LogP contribution in [0.4, 0.5) is 4.79 Å². The Morgan fingerprint density at radius 1 is 1.45 bits per heavy atom. The van der Waals surface area contributed by atoms with Gasteiger partial charge >= 0.3 is 12.0 Å². The van der Waals surface area contributed by atoms with Gasteiger partial charge in [0.2, 0.25) is 0 Å². The first-order valence-electron chi connectivity index (χ1n) is 6.88. The Kier molecular flexibility index (Phi) is 3.99. The molecule has 1 saturated heterocycles. The quantitative estimate of drug-likeness (QED) is 0.645. The van der Waals surface area contributed by atoms with E-state index in [0.717, 1.165) is 17.7 Å². The number of carbonyl (C=O) groups excluding carboxylic acids is 2. The van der Waals surface area contributed by atoms with E-state index >= 15 is 0 Å². The zero-order chi connectivity index (χ0) is 14.9. The molecule has 7 nitrogen and oxygen atoms in total. The minimum Gasteiger partial charge on any atom is -0.481 e. The van der Waals surface area contributed by atoms with E-state index in [-0.39, 0.29) is 12.5 Å². The van der Waals surface area contributed by atoms with Gasteiger partial charge in [-0.15, -0.1) is 0 Å². The molecule has 7 heteroatoms. The van der Waals surface area contributed by atoms with Crippen LogP contribution < -0.4 is 5.32 Å². The predicted octanol–water partition coefficient (Wildman–Crippen LogP) is 0.323. The number of amides is 3. The number of urea groups is 1. The Morgan fingerprint density at radius 3 is 2.60 bits per heavy atom. The zero-order valence-corrected chi connectivity index (χ0v) is 11.5. The third-order valence-electron chi connectivity index (χ3n) is 4.18. The van der Waals surface area contributed by atoms with Gasteiger partial charge in [0.1, 0.15) is 5.54 Å². The Balaban J connectivity index is 2.03. The Labute approximate surface area is 116 Å². The minimum atomic E-state index is -1.24. The fourth-order valence-electron chi connectivity index (χ4n) is 2.91. The molecule has 2 rings (SSSR count). The van der Waals surface area contributed by atoms with Crippen LogP contribution in [-0.4, -0.2) is 51.2 Å². The van der Waals surface area contributed by atoms with E-state index in [1.807, 2.05) is 0 Å². The number of hydrogen-bond donors (Lipinski definition) is 3. The number of imide groups is 1. The lowest BCUT2D eigenvalue weighted by Gasteiger charge is -2.33. The molecule has 3 amide bonds. The highest BCUT2D eigenvalue weighted by atomic mass is 16.4. The number of aliphatic carboxylic acids is 1. The molecule has 0 bridgehead atoms. The molecule has 0 aromatic rings. The predicted molar refractivity (Wildman–Crippen MR) is 68.9 cm³/mol. The molecule has 2 aliphatic rings. The molecule has 1 atom stereocenters. The zero-order valence-electron chi connectivity index (χ0n) is 11.5. The maximum Gasteiger partial charge on any atom is 0.325 e. The van der Waals surface area contributed by atoms with E-state index < -0.39 is 30.1 Å². The largest absolute Gasteiger partial charge is 0.481 e. The Bertz CT molecular complexity index is 428. The molecule has 112 valence electrons. The van der Waals surface area contributed by atoms with Crippen LogP contribution >= 0.6 is 0 Å². The number of carbonyl (C=O) groups is 3. The second-order valence-electron chi connectivity index (χ2n) is 5.86. The molecule has 1 aliphatic carbocycles. The van der Waals surface area contributed by atoms with Gasteiger partial charge in [-0.25, -0.2) is 4.79 Å². The van der Waals surface area contributed by atoms with Crippen LogP contribution in [0.1, 0.15) is 39.0 Å². The van der Waals surface area contributed by atoms with Crippen LogP contribution in [0.25, 0.3) is 0 Å². The molecule has 1 spiro atoms. The highest BCUT2D eigenvalue weighted by Gasteiger charge is 2.52. The molecule has 0 radical (unpaired) electrons. The lowest BCUT2D eigenvalue weighted by Crippen LogP contribution is -2.49. The smallest absolute Gasteiger partial charge is 0.325 e. The van der Waals surface area contributed by atoms with Crippen molar-refractivity contribution in [3.63, 3.8) is 0 Å². The number of carboxylic acids is 1. The molecule has 3 N–H and O–H groups in total. The van der Waals surface area contributed by atoms with E-state index in [0.29, 0.717) is 18.8 Å². The standard InChI is InChI=1S/C13H20N2O5/c1-8-2-4-13(5-3-8)11(19)15(12(20)14-13)7-9(16)6-10(17)18/h8-9,16H,2-7H2,1H3,(H,14,20)(H,17,18). The Morgan fingerprint density at radius 2 is 2.05 bits per heavy atom. The van der Waals surface area contributed by atoms with Crippen molar-refractivity contribution in [3.8, 4) is 0 Å². The first-order valence-corrected chi connectivity index (χ1v) is 6.88. The molecule has 2 fully saturated rings. The molecular formula is C13H20N2O5. The van der Waals surface area contributed by atoms with Crippen molar-refractivity contribution in [2.75, 3.05) is 6.54 Å². The second kappa shape index (κ2) is 5.40. The monoisotopic (exact) mass is 284 g/mol. The van der Waals surface area contributed by atoms with Crippen LogP contribution in [0, 0.1) is 5.92 Å². The minimum absolute atomic E-state index is 0.270. The van der Waals surface area contributed by atoms with Crippen LogP contribution in [0.15, 0.2) is 0 Å². The number of hydrogen-bond acceptors (Lipinski definition) is 4. The highest BCUT2D eigenvalue weighted by molar-refractivity contribution is 6.07. The van der Waals surface area contributed by atoms with Gasteiger partial charge in [-0.1, -0.05) is 6.92 Å². The lowest BCUT2D eigenvalue weighted by molar-refractivity contribution is -0.141. The summed E-state index contributed by atoms with van der Waals surface area (Å²) in [6, 6.07) is -0.533. The number of aliphatic hydroxyl groups is 1. The number of rotatable bonds is 4. The number of carboxylic acid groups (broad SMARTS) is 1.